The largest absolute Gasteiger partial charge is 0.477 e. The number of thiophene rings is 1. The maximum atomic E-state index is 11.7. The molecule has 1 unspecified atom stereocenters. The lowest BCUT2D eigenvalue weighted by Gasteiger charge is -2.10. The number of rotatable bonds is 5. The monoisotopic (exact) mass is 241 g/mol. The number of hydrogen-bond donors (Lipinski definition) is 2. The Morgan fingerprint density at radius 2 is 2.25 bits per heavy atom. The highest BCUT2D eigenvalue weighted by Gasteiger charge is 2.17. The number of amides is 1. The second kappa shape index (κ2) is 5.65. The molecule has 1 amide bonds. The van der Waals surface area contributed by atoms with E-state index in [0.717, 1.165) is 24.2 Å². The molecule has 5 heteroatoms. The SMILES string of the molecule is CCCC(C)C(=O)Nc1ccsc1C(=O)O. The molecule has 1 heterocycles. The molecule has 1 rings (SSSR count). The fourth-order valence-electron chi connectivity index (χ4n) is 1.39. The Hall–Kier alpha value is -1.36. The Labute approximate surface area is 98.3 Å². The van der Waals surface area contributed by atoms with Crippen molar-refractivity contribution in [1.82, 2.24) is 0 Å². The van der Waals surface area contributed by atoms with Crippen LogP contribution in [-0.2, 0) is 4.79 Å². The Morgan fingerprint density at radius 3 is 2.81 bits per heavy atom. The van der Waals surface area contributed by atoms with Crippen LogP contribution in [0.4, 0.5) is 5.69 Å². The van der Waals surface area contributed by atoms with E-state index in [9.17, 15) is 9.59 Å². The average Bonchev–Trinajstić information content (AvgIpc) is 2.66. The van der Waals surface area contributed by atoms with Crippen molar-refractivity contribution in [2.75, 3.05) is 5.32 Å². The number of anilines is 1. The van der Waals surface area contributed by atoms with Crippen LogP contribution in [0.3, 0.4) is 0 Å². The molecule has 1 aromatic heterocycles. The summed E-state index contributed by atoms with van der Waals surface area (Å²) in [6.07, 6.45) is 1.74. The smallest absolute Gasteiger partial charge is 0.348 e. The van der Waals surface area contributed by atoms with Crippen molar-refractivity contribution in [2.45, 2.75) is 26.7 Å². The zero-order valence-electron chi connectivity index (χ0n) is 9.32. The van der Waals surface area contributed by atoms with Crippen LogP contribution in [0.2, 0.25) is 0 Å². The van der Waals surface area contributed by atoms with Crippen LogP contribution in [0.1, 0.15) is 36.4 Å². The molecule has 0 aromatic carbocycles. The second-order valence-corrected chi connectivity index (χ2v) is 4.56. The Bertz CT molecular complexity index is 386. The molecule has 0 aliphatic carbocycles. The summed E-state index contributed by atoms with van der Waals surface area (Å²) in [6.45, 7) is 3.85. The van der Waals surface area contributed by atoms with E-state index in [1.165, 1.54) is 0 Å². The first-order chi connectivity index (χ1) is 7.56. The van der Waals surface area contributed by atoms with Gasteiger partial charge in [-0.3, -0.25) is 4.79 Å². The summed E-state index contributed by atoms with van der Waals surface area (Å²) < 4.78 is 0. The number of hydrogen-bond acceptors (Lipinski definition) is 3. The standard InChI is InChI=1S/C11H15NO3S/c1-3-4-7(2)10(13)12-8-5-6-16-9(8)11(14)15/h5-7H,3-4H2,1-2H3,(H,12,13)(H,14,15). The molecule has 0 aliphatic heterocycles. The van der Waals surface area contributed by atoms with Gasteiger partial charge in [0.15, 0.2) is 0 Å². The molecule has 0 fully saturated rings. The van der Waals surface area contributed by atoms with Crippen LogP contribution < -0.4 is 5.32 Å². The van der Waals surface area contributed by atoms with Gasteiger partial charge in [0.25, 0.3) is 0 Å². The summed E-state index contributed by atoms with van der Waals surface area (Å²) in [5.74, 6) is -1.22. The highest BCUT2D eigenvalue weighted by Crippen LogP contribution is 2.23. The van der Waals surface area contributed by atoms with Crippen LogP contribution in [0.25, 0.3) is 0 Å². The zero-order chi connectivity index (χ0) is 12.1. The molecule has 0 saturated carbocycles. The van der Waals surface area contributed by atoms with Crippen molar-refractivity contribution in [3.8, 4) is 0 Å². The zero-order valence-corrected chi connectivity index (χ0v) is 10.1. The third kappa shape index (κ3) is 3.06. The molecular formula is C11H15NO3S. The lowest BCUT2D eigenvalue weighted by Crippen LogP contribution is -2.20. The Morgan fingerprint density at radius 1 is 1.56 bits per heavy atom. The molecule has 0 aliphatic rings. The summed E-state index contributed by atoms with van der Waals surface area (Å²) in [4.78, 5) is 22.7. The minimum atomic E-state index is -1.01. The first-order valence-corrected chi connectivity index (χ1v) is 6.05. The topological polar surface area (TPSA) is 66.4 Å². The highest BCUT2D eigenvalue weighted by atomic mass is 32.1. The molecule has 1 aromatic rings. The molecule has 88 valence electrons. The lowest BCUT2D eigenvalue weighted by atomic mass is 10.1. The van der Waals surface area contributed by atoms with Crippen LogP contribution in [0, 0.1) is 5.92 Å². The number of carboxylic acids is 1. The molecule has 2 N–H and O–H groups in total. The number of carboxylic acid groups (broad SMARTS) is 1. The van der Waals surface area contributed by atoms with Gasteiger partial charge in [0.05, 0.1) is 5.69 Å². The van der Waals surface area contributed by atoms with Crippen LogP contribution in [-0.4, -0.2) is 17.0 Å². The van der Waals surface area contributed by atoms with Gasteiger partial charge in [-0.25, -0.2) is 4.79 Å². The molecular weight excluding hydrogens is 226 g/mol. The quantitative estimate of drug-likeness (QED) is 0.833. The number of nitrogens with one attached hydrogen (secondary N) is 1. The van der Waals surface area contributed by atoms with E-state index in [1.54, 1.807) is 11.4 Å². The predicted octanol–water partition coefficient (Wildman–Crippen LogP) is 2.82. The first-order valence-electron chi connectivity index (χ1n) is 5.18. The average molecular weight is 241 g/mol. The third-order valence-electron chi connectivity index (χ3n) is 2.29. The minimum absolute atomic E-state index is 0.0912. The summed E-state index contributed by atoms with van der Waals surface area (Å²) in [6, 6.07) is 1.62. The summed E-state index contributed by atoms with van der Waals surface area (Å²) >= 11 is 1.11. The maximum Gasteiger partial charge on any atom is 0.348 e. The van der Waals surface area contributed by atoms with E-state index < -0.39 is 5.97 Å². The van der Waals surface area contributed by atoms with Gasteiger partial charge in [0.1, 0.15) is 4.88 Å². The van der Waals surface area contributed by atoms with Crippen molar-refractivity contribution in [3.05, 3.63) is 16.3 Å². The molecule has 0 radical (unpaired) electrons. The van der Waals surface area contributed by atoms with Crippen molar-refractivity contribution in [1.29, 1.82) is 0 Å². The first kappa shape index (κ1) is 12.7. The second-order valence-electron chi connectivity index (χ2n) is 3.65. The maximum absolute atomic E-state index is 11.7. The van der Waals surface area contributed by atoms with E-state index in [1.807, 2.05) is 13.8 Å². The lowest BCUT2D eigenvalue weighted by molar-refractivity contribution is -0.119. The summed E-state index contributed by atoms with van der Waals surface area (Å²) in [5, 5.41) is 13.2. The van der Waals surface area contributed by atoms with Gasteiger partial charge in [0.2, 0.25) is 5.91 Å². The summed E-state index contributed by atoms with van der Waals surface area (Å²) in [7, 11) is 0. The number of carbonyl (C=O) groups excluding carboxylic acids is 1. The Balaban J connectivity index is 2.69. The molecule has 4 nitrogen and oxygen atoms in total. The van der Waals surface area contributed by atoms with E-state index in [2.05, 4.69) is 5.32 Å². The van der Waals surface area contributed by atoms with Gasteiger partial charge < -0.3 is 10.4 Å². The van der Waals surface area contributed by atoms with E-state index in [4.69, 9.17) is 5.11 Å². The van der Waals surface area contributed by atoms with Gasteiger partial charge in [-0.1, -0.05) is 20.3 Å². The van der Waals surface area contributed by atoms with Gasteiger partial charge in [0, 0.05) is 5.92 Å². The molecule has 16 heavy (non-hydrogen) atoms. The normalized spacial score (nSPS) is 12.1. The molecule has 0 saturated heterocycles. The number of carbonyl (C=O) groups is 2. The van der Waals surface area contributed by atoms with Gasteiger partial charge in [-0.15, -0.1) is 11.3 Å². The van der Waals surface area contributed by atoms with Crippen molar-refractivity contribution < 1.29 is 14.7 Å². The highest BCUT2D eigenvalue weighted by molar-refractivity contribution is 7.12. The molecule has 0 spiro atoms. The van der Waals surface area contributed by atoms with Crippen molar-refractivity contribution >= 4 is 28.9 Å². The molecule has 0 bridgehead atoms. The fraction of sp³-hybridized carbons (Fsp3) is 0.455. The van der Waals surface area contributed by atoms with E-state index in [0.29, 0.717) is 5.69 Å². The summed E-state index contributed by atoms with van der Waals surface area (Å²) in [5.41, 5.74) is 0.394. The van der Waals surface area contributed by atoms with E-state index >= 15 is 0 Å². The Kier molecular flexibility index (Phi) is 4.49. The van der Waals surface area contributed by atoms with Gasteiger partial charge >= 0.3 is 5.97 Å². The predicted molar refractivity (Wildman–Crippen MR) is 64.0 cm³/mol. The van der Waals surface area contributed by atoms with Crippen molar-refractivity contribution in [3.63, 3.8) is 0 Å². The van der Waals surface area contributed by atoms with Gasteiger partial charge in [-0.2, -0.15) is 0 Å². The van der Waals surface area contributed by atoms with Gasteiger partial charge in [-0.05, 0) is 17.9 Å². The fourth-order valence-corrected chi connectivity index (χ4v) is 2.08. The van der Waals surface area contributed by atoms with Crippen molar-refractivity contribution in [2.24, 2.45) is 5.92 Å². The minimum Gasteiger partial charge on any atom is -0.477 e. The van der Waals surface area contributed by atoms with Crippen LogP contribution >= 0.6 is 11.3 Å². The van der Waals surface area contributed by atoms with Crippen LogP contribution in [0.15, 0.2) is 11.4 Å². The number of aromatic carboxylic acids is 1. The molecule has 1 atom stereocenters. The van der Waals surface area contributed by atoms with Crippen LogP contribution in [0.5, 0.6) is 0 Å². The third-order valence-corrected chi connectivity index (χ3v) is 3.19. The van der Waals surface area contributed by atoms with E-state index in [-0.39, 0.29) is 16.7 Å².